The summed E-state index contributed by atoms with van der Waals surface area (Å²) < 4.78 is 0. The first-order valence-electron chi connectivity index (χ1n) is 9.51. The highest BCUT2D eigenvalue weighted by Gasteiger charge is 2.45. The molecule has 1 atom stereocenters. The van der Waals surface area contributed by atoms with Gasteiger partial charge in [0.1, 0.15) is 5.76 Å². The van der Waals surface area contributed by atoms with Gasteiger partial charge in [0.15, 0.2) is 0 Å². The molecule has 1 aliphatic rings. The maximum atomic E-state index is 12.8. The number of Topliss-reactive ketones (excluding diaryl/α,β-unsaturated/α-hetero) is 1. The number of likely N-dealkylation sites (tertiary alicyclic amines) is 1. The zero-order chi connectivity index (χ0) is 19.4. The monoisotopic (exact) mass is 363 g/mol. The van der Waals surface area contributed by atoms with Crippen molar-refractivity contribution >= 4 is 17.4 Å². The SMILES string of the molecule is CCCCN1C(=O)C(=O)/C(=C(\O)c2ccccc2)C1c1ccc(CC)cc1. The molecule has 0 radical (unpaired) electrons. The zero-order valence-corrected chi connectivity index (χ0v) is 15.8. The summed E-state index contributed by atoms with van der Waals surface area (Å²) in [5.74, 6) is -1.26. The van der Waals surface area contributed by atoms with E-state index in [-0.39, 0.29) is 11.3 Å². The van der Waals surface area contributed by atoms with Crippen LogP contribution in [-0.4, -0.2) is 28.2 Å². The minimum absolute atomic E-state index is 0.113. The molecule has 0 saturated carbocycles. The summed E-state index contributed by atoms with van der Waals surface area (Å²) in [6.07, 6.45) is 2.64. The molecule has 2 aromatic carbocycles. The van der Waals surface area contributed by atoms with Crippen LogP contribution in [0.1, 0.15) is 49.4 Å². The minimum atomic E-state index is -0.614. The molecule has 4 nitrogen and oxygen atoms in total. The van der Waals surface area contributed by atoms with Crippen molar-refractivity contribution < 1.29 is 14.7 Å². The lowest BCUT2D eigenvalue weighted by Gasteiger charge is -2.25. The van der Waals surface area contributed by atoms with Crippen LogP contribution in [0, 0.1) is 0 Å². The number of hydrogen-bond acceptors (Lipinski definition) is 3. The number of carbonyl (C=O) groups is 2. The number of aliphatic hydroxyl groups is 1. The van der Waals surface area contributed by atoms with E-state index in [1.165, 1.54) is 5.56 Å². The van der Waals surface area contributed by atoms with Crippen molar-refractivity contribution in [3.63, 3.8) is 0 Å². The Bertz CT molecular complexity index is 853. The molecule has 0 spiro atoms. The topological polar surface area (TPSA) is 57.6 Å². The average Bonchev–Trinajstić information content (AvgIpc) is 2.97. The van der Waals surface area contributed by atoms with Crippen LogP contribution in [0.2, 0.25) is 0 Å². The number of aliphatic hydroxyl groups excluding tert-OH is 1. The number of unbranched alkanes of at least 4 members (excludes halogenated alkanes) is 1. The smallest absolute Gasteiger partial charge is 0.295 e. The van der Waals surface area contributed by atoms with Crippen molar-refractivity contribution in [2.45, 2.75) is 39.2 Å². The van der Waals surface area contributed by atoms with Gasteiger partial charge in [-0.15, -0.1) is 0 Å². The van der Waals surface area contributed by atoms with Crippen LogP contribution in [0.3, 0.4) is 0 Å². The summed E-state index contributed by atoms with van der Waals surface area (Å²) in [6.45, 7) is 4.62. The van der Waals surface area contributed by atoms with Gasteiger partial charge in [0.05, 0.1) is 11.6 Å². The highest BCUT2D eigenvalue weighted by atomic mass is 16.3. The molecule has 1 unspecified atom stereocenters. The molecule has 1 saturated heterocycles. The van der Waals surface area contributed by atoms with Gasteiger partial charge in [0.2, 0.25) is 0 Å². The Hall–Kier alpha value is -2.88. The fraction of sp³-hybridized carbons (Fsp3) is 0.304. The third-order valence-electron chi connectivity index (χ3n) is 5.04. The van der Waals surface area contributed by atoms with E-state index in [2.05, 4.69) is 6.92 Å². The van der Waals surface area contributed by atoms with Crippen LogP contribution in [0.25, 0.3) is 5.76 Å². The van der Waals surface area contributed by atoms with Crippen molar-refractivity contribution in [3.05, 3.63) is 76.9 Å². The van der Waals surface area contributed by atoms with E-state index in [1.807, 2.05) is 37.3 Å². The van der Waals surface area contributed by atoms with Gasteiger partial charge in [-0.25, -0.2) is 0 Å². The summed E-state index contributed by atoms with van der Waals surface area (Å²) in [4.78, 5) is 27.1. The molecule has 1 heterocycles. The van der Waals surface area contributed by atoms with Gasteiger partial charge in [-0.05, 0) is 24.0 Å². The molecule has 2 aromatic rings. The van der Waals surface area contributed by atoms with Crippen LogP contribution in [0.15, 0.2) is 60.2 Å². The predicted octanol–water partition coefficient (Wildman–Crippen LogP) is 4.47. The lowest BCUT2D eigenvalue weighted by Crippen LogP contribution is -2.30. The molecule has 0 aromatic heterocycles. The Kier molecular flexibility index (Phi) is 5.75. The average molecular weight is 363 g/mol. The summed E-state index contributed by atoms with van der Waals surface area (Å²) in [5, 5.41) is 10.9. The zero-order valence-electron chi connectivity index (χ0n) is 15.8. The number of aryl methyl sites for hydroxylation is 1. The van der Waals surface area contributed by atoms with Crippen molar-refractivity contribution in [3.8, 4) is 0 Å². The number of nitrogens with zero attached hydrogens (tertiary/aromatic N) is 1. The van der Waals surface area contributed by atoms with E-state index in [4.69, 9.17) is 0 Å². The maximum absolute atomic E-state index is 12.8. The van der Waals surface area contributed by atoms with E-state index in [0.29, 0.717) is 12.1 Å². The van der Waals surface area contributed by atoms with Crippen LogP contribution in [0.5, 0.6) is 0 Å². The third-order valence-corrected chi connectivity index (χ3v) is 5.04. The second-order valence-corrected chi connectivity index (χ2v) is 6.81. The summed E-state index contributed by atoms with van der Waals surface area (Å²) in [6, 6.07) is 16.3. The van der Waals surface area contributed by atoms with Gasteiger partial charge >= 0.3 is 0 Å². The van der Waals surface area contributed by atoms with Crippen LogP contribution < -0.4 is 0 Å². The molecule has 3 rings (SSSR count). The van der Waals surface area contributed by atoms with E-state index in [1.54, 1.807) is 29.2 Å². The molecule has 1 N–H and O–H groups in total. The molecule has 1 amide bonds. The first-order valence-corrected chi connectivity index (χ1v) is 9.51. The third kappa shape index (κ3) is 3.65. The summed E-state index contributed by atoms with van der Waals surface area (Å²) in [5.41, 5.74) is 2.75. The maximum Gasteiger partial charge on any atom is 0.295 e. The number of ketones is 1. The van der Waals surface area contributed by atoms with Crippen LogP contribution in [0.4, 0.5) is 0 Å². The van der Waals surface area contributed by atoms with E-state index in [9.17, 15) is 14.7 Å². The fourth-order valence-electron chi connectivity index (χ4n) is 3.47. The minimum Gasteiger partial charge on any atom is -0.507 e. The largest absolute Gasteiger partial charge is 0.507 e. The van der Waals surface area contributed by atoms with Crippen molar-refractivity contribution in [1.29, 1.82) is 0 Å². The van der Waals surface area contributed by atoms with Gasteiger partial charge in [-0.2, -0.15) is 0 Å². The van der Waals surface area contributed by atoms with Gasteiger partial charge in [-0.3, -0.25) is 9.59 Å². The van der Waals surface area contributed by atoms with Gasteiger partial charge in [-0.1, -0.05) is 74.9 Å². The molecule has 4 heteroatoms. The van der Waals surface area contributed by atoms with E-state index in [0.717, 1.165) is 24.8 Å². The number of hydrogen-bond donors (Lipinski definition) is 1. The van der Waals surface area contributed by atoms with E-state index < -0.39 is 17.7 Å². The van der Waals surface area contributed by atoms with Crippen molar-refractivity contribution in [1.82, 2.24) is 4.90 Å². The number of amides is 1. The van der Waals surface area contributed by atoms with Gasteiger partial charge in [0, 0.05) is 12.1 Å². The number of benzene rings is 2. The highest BCUT2D eigenvalue weighted by molar-refractivity contribution is 6.46. The standard InChI is InChI=1S/C23H25NO3/c1-3-5-15-24-20(17-13-11-16(4-2)12-14-17)19(22(26)23(24)27)21(25)18-9-7-6-8-10-18/h6-14,20,25H,3-5,15H2,1-2H3/b21-19-. The van der Waals surface area contributed by atoms with Gasteiger partial charge < -0.3 is 10.0 Å². The predicted molar refractivity (Wildman–Crippen MR) is 106 cm³/mol. The van der Waals surface area contributed by atoms with Crippen molar-refractivity contribution in [2.75, 3.05) is 6.54 Å². The Morgan fingerprint density at radius 3 is 2.26 bits per heavy atom. The second-order valence-electron chi connectivity index (χ2n) is 6.81. The summed E-state index contributed by atoms with van der Waals surface area (Å²) in [7, 11) is 0. The Morgan fingerprint density at radius 1 is 1.00 bits per heavy atom. The Balaban J connectivity index is 2.13. The van der Waals surface area contributed by atoms with Gasteiger partial charge in [0.25, 0.3) is 11.7 Å². The Labute approximate surface area is 160 Å². The second kappa shape index (κ2) is 8.21. The number of carbonyl (C=O) groups excluding carboxylic acids is 2. The van der Waals surface area contributed by atoms with Crippen molar-refractivity contribution in [2.24, 2.45) is 0 Å². The normalized spacial score (nSPS) is 18.9. The Morgan fingerprint density at radius 2 is 1.67 bits per heavy atom. The molecule has 1 fully saturated rings. The lowest BCUT2D eigenvalue weighted by molar-refractivity contribution is -0.139. The van der Waals surface area contributed by atoms with E-state index >= 15 is 0 Å². The first kappa shape index (κ1) is 18.9. The number of rotatable bonds is 6. The fourth-order valence-corrected chi connectivity index (χ4v) is 3.47. The molecule has 140 valence electrons. The molecule has 0 bridgehead atoms. The van der Waals surface area contributed by atoms with Crippen LogP contribution >= 0.6 is 0 Å². The summed E-state index contributed by atoms with van der Waals surface area (Å²) >= 11 is 0. The first-order chi connectivity index (χ1) is 13.1. The highest BCUT2D eigenvalue weighted by Crippen LogP contribution is 2.39. The molecule has 27 heavy (non-hydrogen) atoms. The quantitative estimate of drug-likeness (QED) is 0.468. The lowest BCUT2D eigenvalue weighted by atomic mass is 9.94. The molecular weight excluding hydrogens is 338 g/mol. The molecular formula is C23H25NO3. The van der Waals surface area contributed by atoms with Crippen LogP contribution in [-0.2, 0) is 16.0 Å². The molecule has 0 aliphatic carbocycles. The molecule has 1 aliphatic heterocycles.